The molecule has 0 aliphatic heterocycles. The number of nitrogens with one attached hydrogen (secondary N) is 1. The smallest absolute Gasteiger partial charge is 0.262 e. The summed E-state index contributed by atoms with van der Waals surface area (Å²) >= 11 is 1.29. The number of carbonyl (C=O) groups is 2. The molecular formula is C9H13N3O2S. The van der Waals surface area contributed by atoms with Gasteiger partial charge in [-0.25, -0.2) is 0 Å². The van der Waals surface area contributed by atoms with Crippen molar-refractivity contribution in [2.24, 2.45) is 5.73 Å². The van der Waals surface area contributed by atoms with E-state index in [2.05, 4.69) is 5.32 Å². The molecule has 5 N–H and O–H groups in total. The summed E-state index contributed by atoms with van der Waals surface area (Å²) in [7, 11) is 0. The third-order valence-electron chi connectivity index (χ3n) is 1.95. The van der Waals surface area contributed by atoms with Crippen LogP contribution in [-0.4, -0.2) is 17.9 Å². The van der Waals surface area contributed by atoms with E-state index in [9.17, 15) is 9.59 Å². The second-order valence-electron chi connectivity index (χ2n) is 3.22. The van der Waals surface area contributed by atoms with Gasteiger partial charge in [0.15, 0.2) is 0 Å². The second kappa shape index (κ2) is 4.31. The van der Waals surface area contributed by atoms with Crippen LogP contribution < -0.4 is 16.8 Å². The summed E-state index contributed by atoms with van der Waals surface area (Å²) in [6.07, 6.45) is 0. The van der Waals surface area contributed by atoms with Crippen molar-refractivity contribution in [1.29, 1.82) is 0 Å². The maximum Gasteiger partial charge on any atom is 0.262 e. The standard InChI is InChI=1S/C9H13N3O2S/c1-4(8(11)13)12-9(14)7-3-6(10)5(2)15-7/h3-4H,10H2,1-2H3,(H2,11,13)(H,12,14). The lowest BCUT2D eigenvalue weighted by Crippen LogP contribution is -2.41. The van der Waals surface area contributed by atoms with Crippen molar-refractivity contribution in [3.05, 3.63) is 15.8 Å². The van der Waals surface area contributed by atoms with E-state index in [0.717, 1.165) is 4.88 Å². The fourth-order valence-corrected chi connectivity index (χ4v) is 1.79. The van der Waals surface area contributed by atoms with E-state index in [1.807, 2.05) is 6.92 Å². The molecule has 0 aromatic carbocycles. The van der Waals surface area contributed by atoms with Crippen LogP contribution >= 0.6 is 11.3 Å². The first-order valence-corrected chi connectivity index (χ1v) is 5.19. The number of nitrogens with two attached hydrogens (primary N) is 2. The van der Waals surface area contributed by atoms with Gasteiger partial charge in [0.05, 0.1) is 4.88 Å². The van der Waals surface area contributed by atoms with E-state index in [0.29, 0.717) is 10.6 Å². The first-order valence-electron chi connectivity index (χ1n) is 4.38. The number of carbonyl (C=O) groups excluding carboxylic acids is 2. The van der Waals surface area contributed by atoms with E-state index in [-0.39, 0.29) is 5.91 Å². The molecule has 0 saturated heterocycles. The van der Waals surface area contributed by atoms with Crippen LogP contribution in [0.5, 0.6) is 0 Å². The van der Waals surface area contributed by atoms with Gasteiger partial charge in [0.1, 0.15) is 6.04 Å². The topological polar surface area (TPSA) is 98.2 Å². The van der Waals surface area contributed by atoms with Crippen LogP contribution in [0.25, 0.3) is 0 Å². The molecule has 1 aromatic heterocycles. The SMILES string of the molecule is Cc1sc(C(=O)NC(C)C(N)=O)cc1N. The quantitative estimate of drug-likeness (QED) is 0.690. The van der Waals surface area contributed by atoms with E-state index >= 15 is 0 Å². The average molecular weight is 227 g/mol. The number of aryl methyl sites for hydroxylation is 1. The molecule has 1 atom stereocenters. The third-order valence-corrected chi connectivity index (χ3v) is 3.02. The van der Waals surface area contributed by atoms with Gasteiger partial charge in [-0.3, -0.25) is 9.59 Å². The zero-order valence-corrected chi connectivity index (χ0v) is 9.35. The summed E-state index contributed by atoms with van der Waals surface area (Å²) < 4.78 is 0. The molecule has 1 rings (SSSR count). The molecule has 1 aromatic rings. The molecule has 0 spiro atoms. The Hall–Kier alpha value is -1.56. The molecule has 0 saturated carbocycles. The molecule has 5 nitrogen and oxygen atoms in total. The van der Waals surface area contributed by atoms with Crippen LogP contribution in [0.4, 0.5) is 5.69 Å². The largest absolute Gasteiger partial charge is 0.398 e. The molecule has 0 radical (unpaired) electrons. The lowest BCUT2D eigenvalue weighted by Gasteiger charge is -2.08. The van der Waals surface area contributed by atoms with Crippen molar-refractivity contribution >= 4 is 28.8 Å². The number of hydrogen-bond acceptors (Lipinski definition) is 4. The zero-order chi connectivity index (χ0) is 11.6. The van der Waals surface area contributed by atoms with Gasteiger partial charge in [-0.2, -0.15) is 0 Å². The predicted molar refractivity (Wildman–Crippen MR) is 59.6 cm³/mol. The molecule has 2 amide bonds. The third kappa shape index (κ3) is 2.69. The Morgan fingerprint density at radius 1 is 1.53 bits per heavy atom. The van der Waals surface area contributed by atoms with Crippen LogP contribution in [0.15, 0.2) is 6.07 Å². The number of nitrogen functional groups attached to an aromatic ring is 1. The summed E-state index contributed by atoms with van der Waals surface area (Å²) in [5.74, 6) is -0.893. The van der Waals surface area contributed by atoms with Gasteiger partial charge >= 0.3 is 0 Å². The summed E-state index contributed by atoms with van der Waals surface area (Å²) in [4.78, 5) is 23.7. The molecular weight excluding hydrogens is 214 g/mol. The van der Waals surface area contributed by atoms with Crippen LogP contribution in [-0.2, 0) is 4.79 Å². The minimum absolute atomic E-state index is 0.328. The molecule has 0 aliphatic rings. The highest BCUT2D eigenvalue weighted by Gasteiger charge is 2.15. The van der Waals surface area contributed by atoms with Crippen LogP contribution in [0.3, 0.4) is 0 Å². The van der Waals surface area contributed by atoms with Gasteiger partial charge in [-0.15, -0.1) is 11.3 Å². The van der Waals surface area contributed by atoms with E-state index in [1.54, 1.807) is 6.07 Å². The molecule has 1 heterocycles. The minimum Gasteiger partial charge on any atom is -0.398 e. The van der Waals surface area contributed by atoms with Gasteiger partial charge in [-0.05, 0) is 19.9 Å². The van der Waals surface area contributed by atoms with Crippen molar-refractivity contribution in [3.63, 3.8) is 0 Å². The normalized spacial score (nSPS) is 12.1. The van der Waals surface area contributed by atoms with Crippen molar-refractivity contribution < 1.29 is 9.59 Å². The average Bonchev–Trinajstić information content (AvgIpc) is 2.46. The van der Waals surface area contributed by atoms with E-state index in [1.165, 1.54) is 18.3 Å². The number of thiophene rings is 1. The highest BCUT2D eigenvalue weighted by molar-refractivity contribution is 7.14. The number of primary amides is 1. The van der Waals surface area contributed by atoms with Crippen LogP contribution in [0, 0.1) is 6.92 Å². The Morgan fingerprint density at radius 3 is 2.53 bits per heavy atom. The molecule has 6 heteroatoms. The van der Waals surface area contributed by atoms with Gasteiger partial charge in [0, 0.05) is 10.6 Å². The fourth-order valence-electron chi connectivity index (χ4n) is 0.947. The molecule has 15 heavy (non-hydrogen) atoms. The van der Waals surface area contributed by atoms with E-state index < -0.39 is 11.9 Å². The van der Waals surface area contributed by atoms with Crippen molar-refractivity contribution in [1.82, 2.24) is 5.32 Å². The van der Waals surface area contributed by atoms with Crippen molar-refractivity contribution in [2.45, 2.75) is 19.9 Å². The molecule has 0 bridgehead atoms. The van der Waals surface area contributed by atoms with Gasteiger partial charge in [-0.1, -0.05) is 0 Å². The first-order chi connectivity index (χ1) is 6.91. The first kappa shape index (κ1) is 11.5. The lowest BCUT2D eigenvalue weighted by molar-refractivity contribution is -0.119. The Morgan fingerprint density at radius 2 is 2.13 bits per heavy atom. The Labute approximate surface area is 91.4 Å². The van der Waals surface area contributed by atoms with Gasteiger partial charge < -0.3 is 16.8 Å². The summed E-state index contributed by atoms with van der Waals surface area (Å²) in [6, 6.07) is 0.907. The summed E-state index contributed by atoms with van der Waals surface area (Å²) in [6.45, 7) is 3.36. The number of hydrogen-bond donors (Lipinski definition) is 3. The van der Waals surface area contributed by atoms with Crippen LogP contribution in [0.1, 0.15) is 21.5 Å². The highest BCUT2D eigenvalue weighted by Crippen LogP contribution is 2.23. The Balaban J connectivity index is 2.73. The molecule has 82 valence electrons. The van der Waals surface area contributed by atoms with E-state index in [4.69, 9.17) is 11.5 Å². The molecule has 0 fully saturated rings. The maximum absolute atomic E-state index is 11.6. The lowest BCUT2D eigenvalue weighted by atomic mass is 10.3. The van der Waals surface area contributed by atoms with Crippen LogP contribution in [0.2, 0.25) is 0 Å². The number of amides is 2. The van der Waals surface area contributed by atoms with Crippen molar-refractivity contribution in [3.8, 4) is 0 Å². The van der Waals surface area contributed by atoms with Gasteiger partial charge in [0.25, 0.3) is 5.91 Å². The zero-order valence-electron chi connectivity index (χ0n) is 8.53. The molecule has 0 aliphatic carbocycles. The van der Waals surface area contributed by atoms with Crippen molar-refractivity contribution in [2.75, 3.05) is 5.73 Å². The minimum atomic E-state index is -0.680. The molecule has 1 unspecified atom stereocenters. The Kier molecular flexibility index (Phi) is 3.31. The maximum atomic E-state index is 11.6. The summed E-state index contributed by atoms with van der Waals surface area (Å²) in [5.41, 5.74) is 11.2. The number of anilines is 1. The monoisotopic (exact) mass is 227 g/mol. The van der Waals surface area contributed by atoms with Gasteiger partial charge in [0.2, 0.25) is 5.91 Å². The Bertz CT molecular complexity index is 381. The highest BCUT2D eigenvalue weighted by atomic mass is 32.1. The predicted octanol–water partition coefficient (Wildman–Crippen LogP) is 0.242. The fraction of sp³-hybridized carbons (Fsp3) is 0.333. The number of rotatable bonds is 3. The second-order valence-corrected chi connectivity index (χ2v) is 4.48. The summed E-state index contributed by atoms with van der Waals surface area (Å²) in [5, 5.41) is 2.48.